The standard InChI is InChI=1S/C20H19ClN2O2/c1-20(2,3)19(24)25-18-13-17(14-8-5-4-6-9-14)22-23(18)16-11-7-10-15(21)12-16/h4-13H,1-3H3. The summed E-state index contributed by atoms with van der Waals surface area (Å²) < 4.78 is 7.22. The Morgan fingerprint density at radius 1 is 1.04 bits per heavy atom. The molecule has 0 bridgehead atoms. The van der Waals surface area contributed by atoms with Crippen molar-refractivity contribution in [3.63, 3.8) is 0 Å². The summed E-state index contributed by atoms with van der Waals surface area (Å²) in [5, 5.41) is 5.19. The number of hydrogen-bond donors (Lipinski definition) is 0. The molecule has 0 radical (unpaired) electrons. The van der Waals surface area contributed by atoms with Crippen molar-refractivity contribution < 1.29 is 9.53 Å². The molecule has 0 N–H and O–H groups in total. The first-order valence-electron chi connectivity index (χ1n) is 7.98. The first-order chi connectivity index (χ1) is 11.8. The van der Waals surface area contributed by atoms with E-state index < -0.39 is 5.41 Å². The van der Waals surface area contributed by atoms with Crippen LogP contribution in [0.3, 0.4) is 0 Å². The Bertz CT molecular complexity index is 896. The average molecular weight is 355 g/mol. The summed E-state index contributed by atoms with van der Waals surface area (Å²) in [5.41, 5.74) is 1.77. The third kappa shape index (κ3) is 3.91. The van der Waals surface area contributed by atoms with Crippen molar-refractivity contribution in [2.45, 2.75) is 20.8 Å². The number of esters is 1. The van der Waals surface area contributed by atoms with Crippen LogP contribution in [0.15, 0.2) is 60.7 Å². The van der Waals surface area contributed by atoms with E-state index in [-0.39, 0.29) is 5.97 Å². The third-order valence-electron chi connectivity index (χ3n) is 3.61. The number of carbonyl (C=O) groups is 1. The van der Waals surface area contributed by atoms with Crippen molar-refractivity contribution in [3.8, 4) is 22.8 Å². The van der Waals surface area contributed by atoms with Crippen molar-refractivity contribution in [1.82, 2.24) is 9.78 Å². The van der Waals surface area contributed by atoms with Crippen LogP contribution in [0, 0.1) is 5.41 Å². The van der Waals surface area contributed by atoms with E-state index in [0.717, 1.165) is 16.9 Å². The minimum atomic E-state index is -0.615. The van der Waals surface area contributed by atoms with Gasteiger partial charge in [-0.1, -0.05) is 48.0 Å². The molecule has 25 heavy (non-hydrogen) atoms. The molecule has 0 atom stereocenters. The molecule has 0 amide bonds. The predicted molar refractivity (Wildman–Crippen MR) is 99.1 cm³/mol. The molecule has 0 spiro atoms. The molecule has 0 saturated carbocycles. The van der Waals surface area contributed by atoms with Crippen LogP contribution in [-0.4, -0.2) is 15.7 Å². The van der Waals surface area contributed by atoms with Gasteiger partial charge in [-0.25, -0.2) is 0 Å². The summed E-state index contributed by atoms with van der Waals surface area (Å²) in [5.74, 6) is 0.0383. The molecule has 128 valence electrons. The van der Waals surface area contributed by atoms with E-state index in [0.29, 0.717) is 10.9 Å². The summed E-state index contributed by atoms with van der Waals surface area (Å²) >= 11 is 6.10. The molecule has 0 unspecified atom stereocenters. The maximum Gasteiger partial charge on any atom is 0.317 e. The first kappa shape index (κ1) is 17.2. The molecule has 1 heterocycles. The number of carbonyl (C=O) groups excluding carboxylic acids is 1. The summed E-state index contributed by atoms with van der Waals surface area (Å²) in [7, 11) is 0. The SMILES string of the molecule is CC(C)(C)C(=O)Oc1cc(-c2ccccc2)nn1-c1cccc(Cl)c1. The number of benzene rings is 2. The lowest BCUT2D eigenvalue weighted by Gasteiger charge is -2.16. The Hall–Kier alpha value is -2.59. The summed E-state index contributed by atoms with van der Waals surface area (Å²) in [6.45, 7) is 5.44. The van der Waals surface area contributed by atoms with Crippen LogP contribution >= 0.6 is 11.6 Å². The summed E-state index contributed by atoms with van der Waals surface area (Å²) in [4.78, 5) is 12.3. The van der Waals surface area contributed by atoms with Crippen LogP contribution in [0.25, 0.3) is 16.9 Å². The third-order valence-corrected chi connectivity index (χ3v) is 3.84. The maximum atomic E-state index is 12.3. The van der Waals surface area contributed by atoms with Crippen LogP contribution in [0.1, 0.15) is 20.8 Å². The van der Waals surface area contributed by atoms with Gasteiger partial charge in [-0.05, 0) is 39.0 Å². The van der Waals surface area contributed by atoms with E-state index in [1.807, 2.05) is 63.2 Å². The molecule has 2 aromatic carbocycles. The highest BCUT2D eigenvalue weighted by Crippen LogP contribution is 2.29. The van der Waals surface area contributed by atoms with E-state index in [1.54, 1.807) is 22.9 Å². The van der Waals surface area contributed by atoms with E-state index in [1.165, 1.54) is 0 Å². The zero-order chi connectivity index (χ0) is 18.0. The molecule has 0 fully saturated rings. The average Bonchev–Trinajstić information content (AvgIpc) is 2.99. The van der Waals surface area contributed by atoms with Crippen LogP contribution < -0.4 is 4.74 Å². The minimum Gasteiger partial charge on any atom is -0.407 e. The topological polar surface area (TPSA) is 44.1 Å². The number of nitrogens with zero attached hydrogens (tertiary/aromatic N) is 2. The predicted octanol–water partition coefficient (Wildman–Crippen LogP) is 5.14. The van der Waals surface area contributed by atoms with Gasteiger partial charge in [-0.2, -0.15) is 9.78 Å². The largest absolute Gasteiger partial charge is 0.407 e. The second kappa shape index (κ2) is 6.73. The molecule has 0 aliphatic heterocycles. The van der Waals surface area contributed by atoms with E-state index in [2.05, 4.69) is 5.10 Å². The summed E-state index contributed by atoms with van der Waals surface area (Å²) in [6, 6.07) is 18.8. The Morgan fingerprint density at radius 2 is 1.76 bits per heavy atom. The fourth-order valence-corrected chi connectivity index (χ4v) is 2.41. The highest BCUT2D eigenvalue weighted by molar-refractivity contribution is 6.30. The Morgan fingerprint density at radius 3 is 2.40 bits per heavy atom. The van der Waals surface area contributed by atoms with Gasteiger partial charge >= 0.3 is 5.97 Å². The quantitative estimate of drug-likeness (QED) is 0.611. The van der Waals surface area contributed by atoms with Gasteiger partial charge in [0.05, 0.1) is 16.8 Å². The molecule has 3 aromatic rings. The van der Waals surface area contributed by atoms with E-state index in [4.69, 9.17) is 16.3 Å². The summed E-state index contributed by atoms with van der Waals surface area (Å²) in [6.07, 6.45) is 0. The molecule has 0 aliphatic rings. The Labute approximate surface area is 152 Å². The maximum absolute atomic E-state index is 12.3. The van der Waals surface area contributed by atoms with Crippen molar-refractivity contribution in [2.24, 2.45) is 5.41 Å². The molecule has 1 aromatic heterocycles. The lowest BCUT2D eigenvalue weighted by atomic mass is 9.97. The molecule has 4 nitrogen and oxygen atoms in total. The van der Waals surface area contributed by atoms with Crippen molar-refractivity contribution >= 4 is 17.6 Å². The highest BCUT2D eigenvalue weighted by atomic mass is 35.5. The lowest BCUT2D eigenvalue weighted by molar-refractivity contribution is -0.143. The fourth-order valence-electron chi connectivity index (χ4n) is 2.23. The highest BCUT2D eigenvalue weighted by Gasteiger charge is 2.26. The van der Waals surface area contributed by atoms with Gasteiger partial charge in [-0.15, -0.1) is 0 Å². The molecular weight excluding hydrogens is 336 g/mol. The molecule has 0 aliphatic carbocycles. The van der Waals surface area contributed by atoms with Gasteiger partial charge in [0.15, 0.2) is 0 Å². The fraction of sp³-hybridized carbons (Fsp3) is 0.200. The number of hydrogen-bond acceptors (Lipinski definition) is 3. The lowest BCUT2D eigenvalue weighted by Crippen LogP contribution is -2.26. The van der Waals surface area contributed by atoms with Gasteiger partial charge in [0.25, 0.3) is 0 Å². The number of ether oxygens (including phenoxy) is 1. The first-order valence-corrected chi connectivity index (χ1v) is 8.36. The molecule has 0 saturated heterocycles. The van der Waals surface area contributed by atoms with Gasteiger partial charge < -0.3 is 4.74 Å². The Kier molecular flexibility index (Phi) is 4.64. The zero-order valence-corrected chi connectivity index (χ0v) is 15.1. The van der Waals surface area contributed by atoms with Gasteiger partial charge in [0.1, 0.15) is 0 Å². The van der Waals surface area contributed by atoms with Gasteiger partial charge in [0.2, 0.25) is 5.88 Å². The van der Waals surface area contributed by atoms with Crippen LogP contribution in [0.4, 0.5) is 0 Å². The monoisotopic (exact) mass is 354 g/mol. The van der Waals surface area contributed by atoms with Crippen molar-refractivity contribution in [1.29, 1.82) is 0 Å². The zero-order valence-electron chi connectivity index (χ0n) is 14.4. The van der Waals surface area contributed by atoms with E-state index in [9.17, 15) is 4.79 Å². The molecular formula is C20H19ClN2O2. The normalized spacial score (nSPS) is 11.4. The van der Waals surface area contributed by atoms with Crippen LogP contribution in [0.5, 0.6) is 5.88 Å². The van der Waals surface area contributed by atoms with Gasteiger partial charge in [-0.3, -0.25) is 4.79 Å². The smallest absolute Gasteiger partial charge is 0.317 e. The molecule has 5 heteroatoms. The number of aromatic nitrogens is 2. The number of halogens is 1. The second-order valence-corrected chi connectivity index (χ2v) is 7.20. The van der Waals surface area contributed by atoms with E-state index >= 15 is 0 Å². The minimum absolute atomic E-state index is 0.324. The molecule has 3 rings (SSSR count). The Balaban J connectivity index is 2.08. The van der Waals surface area contributed by atoms with Crippen molar-refractivity contribution in [3.05, 3.63) is 65.7 Å². The second-order valence-electron chi connectivity index (χ2n) is 6.77. The van der Waals surface area contributed by atoms with Crippen LogP contribution in [-0.2, 0) is 4.79 Å². The van der Waals surface area contributed by atoms with Gasteiger partial charge in [0, 0.05) is 16.7 Å². The number of rotatable bonds is 3. The van der Waals surface area contributed by atoms with Crippen LogP contribution in [0.2, 0.25) is 5.02 Å². The van der Waals surface area contributed by atoms with Crippen molar-refractivity contribution in [2.75, 3.05) is 0 Å².